The van der Waals surface area contributed by atoms with Gasteiger partial charge in [0.15, 0.2) is 0 Å². The second kappa shape index (κ2) is 53.9. The van der Waals surface area contributed by atoms with Crippen LogP contribution in [0.15, 0.2) is 218 Å². The number of aliphatic carboxylic acids is 1. The molecule has 0 saturated heterocycles. The van der Waals surface area contributed by atoms with Gasteiger partial charge in [0, 0.05) is 84.4 Å². The Labute approximate surface area is 716 Å². The van der Waals surface area contributed by atoms with E-state index in [0.717, 1.165) is 126 Å². The van der Waals surface area contributed by atoms with E-state index in [1.807, 2.05) is 157 Å². The Morgan fingerprint density at radius 3 is 0.832 bits per heavy atom. The Bertz CT molecular complexity index is 3770. The molecule has 0 aliphatic heterocycles. The van der Waals surface area contributed by atoms with Crippen LogP contribution in [0.1, 0.15) is 140 Å². The van der Waals surface area contributed by atoms with Gasteiger partial charge in [-0.1, -0.05) is 194 Å². The molecule has 0 heterocycles. The maximum absolute atomic E-state index is 12.3. The molecule has 0 atom stereocenters. The number of methoxy groups -OCH3 is 1. The predicted molar refractivity (Wildman–Crippen MR) is 441 cm³/mol. The number of Topliss-reactive ketones (excluding diaryl/α,β-unsaturated/α-hetero) is 1. The first-order valence-electron chi connectivity index (χ1n) is 34.1. The van der Waals surface area contributed by atoms with Crippen molar-refractivity contribution in [3.05, 3.63) is 299 Å². The van der Waals surface area contributed by atoms with Crippen molar-refractivity contribution in [2.24, 2.45) is 0 Å². The second-order valence-electron chi connectivity index (χ2n) is 24.1. The number of thioether (sulfide) groups is 3. The van der Waals surface area contributed by atoms with Crippen molar-refractivity contribution >= 4 is 123 Å². The van der Waals surface area contributed by atoms with Crippen LogP contribution in [0.5, 0.6) is 17.2 Å². The summed E-state index contributed by atoms with van der Waals surface area (Å²) in [6.07, 6.45) is 2.84. The monoisotopic (exact) mass is 1660 g/mol. The molecule has 0 bridgehead atoms. The maximum atomic E-state index is 12.3. The number of hydrogen-bond donors (Lipinski definition) is 1. The van der Waals surface area contributed by atoms with Crippen LogP contribution in [0, 0.1) is 0 Å². The molecule has 9 aromatic carbocycles. The van der Waals surface area contributed by atoms with Crippen LogP contribution in [0.3, 0.4) is 0 Å². The van der Waals surface area contributed by atoms with E-state index in [1.165, 1.54) is 40.5 Å². The maximum Gasteiger partial charge on any atom is 1.00 e. The number of carboxylic acid groups (broad SMARTS) is 1. The number of halogens is 9. The Morgan fingerprint density at radius 2 is 0.607 bits per heavy atom. The largest absolute Gasteiger partial charge is 1.00 e. The van der Waals surface area contributed by atoms with E-state index in [1.54, 1.807) is 24.3 Å². The van der Waals surface area contributed by atoms with Crippen molar-refractivity contribution in [3.63, 3.8) is 0 Å². The van der Waals surface area contributed by atoms with Gasteiger partial charge in [-0.25, -0.2) is 0 Å². The van der Waals surface area contributed by atoms with Crippen LogP contribution in [0.4, 0.5) is 13.2 Å². The molecule has 0 saturated carbocycles. The molecule has 0 fully saturated rings. The molecule has 9 aromatic rings. The van der Waals surface area contributed by atoms with Crippen molar-refractivity contribution < 1.29 is 108 Å². The Kier molecular flexibility index (Phi) is 48.6. The molecular weight excluding hydrogens is 1570 g/mol. The molecule has 0 spiro atoms. The van der Waals surface area contributed by atoms with Gasteiger partial charge < -0.3 is 29.5 Å². The van der Waals surface area contributed by atoms with Crippen molar-refractivity contribution in [1.29, 1.82) is 0 Å². The molecule has 570 valence electrons. The van der Waals surface area contributed by atoms with Crippen LogP contribution in [-0.4, -0.2) is 95.9 Å². The van der Waals surface area contributed by atoms with Gasteiger partial charge in [0.05, 0.1) is 26.9 Å². The number of ketones is 1. The number of aryl methyl sites for hydroxylation is 3. The minimum atomic E-state index is -4.77. The number of benzene rings is 9. The molecule has 0 aliphatic carbocycles. The molecule has 22 heteroatoms. The minimum absolute atomic E-state index is 0. The zero-order valence-electron chi connectivity index (χ0n) is 58.7. The normalized spacial score (nSPS) is 10.8. The summed E-state index contributed by atoms with van der Waals surface area (Å²) >= 11 is 42.1. The number of rotatable bonds is 39. The zero-order chi connectivity index (χ0) is 73.6. The fourth-order valence-corrected chi connectivity index (χ4v) is 14.2. The van der Waals surface area contributed by atoms with E-state index in [9.17, 15) is 27.6 Å². The van der Waals surface area contributed by atoms with Gasteiger partial charge in [0.1, 0.15) is 17.2 Å². The van der Waals surface area contributed by atoms with Crippen molar-refractivity contribution in [2.75, 3.05) is 61.4 Å². The summed E-state index contributed by atoms with van der Waals surface area (Å²) in [5.41, 5.74) is 10.3. The molecule has 9 nitrogen and oxygen atoms in total. The number of carboxylic acids is 1. The van der Waals surface area contributed by atoms with Gasteiger partial charge in [-0.05, 0) is 234 Å². The first-order valence-corrected chi connectivity index (χ1v) is 39.8. The second-order valence-corrected chi connectivity index (χ2v) is 30.4. The SMILES string of the molecule is C.C.COC(=O)CCc1ccc(OCCSCCCC(c2ccc(Cl)cc2)c2ccc(Cl)cc2)cc1.O=C(CCc1ccc(OCCSCCCC(c2ccc(Cl)cc2)c2ccc(Cl)cc2)cc1)C(F)(F)F.O=C(O)CCc1ccc(OCCSCCCC(c2ccc(Cl)cc2)c2ccc(Cl)cc2)cc1.[K+].[OH-]. The Balaban J connectivity index is 0.000000409. The van der Waals surface area contributed by atoms with Crippen LogP contribution in [-0.2, 0) is 38.4 Å². The number of esters is 1. The summed E-state index contributed by atoms with van der Waals surface area (Å²) in [6.45, 7) is 1.86. The van der Waals surface area contributed by atoms with Crippen molar-refractivity contribution in [2.45, 2.75) is 116 Å². The van der Waals surface area contributed by atoms with E-state index < -0.39 is 24.3 Å². The number of ether oxygens (including phenoxy) is 4. The molecule has 9 rings (SSSR count). The first-order chi connectivity index (χ1) is 49.8. The van der Waals surface area contributed by atoms with Gasteiger partial charge in [-0.2, -0.15) is 48.5 Å². The van der Waals surface area contributed by atoms with Gasteiger partial charge in [0.2, 0.25) is 5.78 Å². The molecule has 0 radical (unpaired) electrons. The van der Waals surface area contributed by atoms with Crippen LogP contribution >= 0.6 is 105 Å². The van der Waals surface area contributed by atoms with E-state index in [4.69, 9.17) is 88.9 Å². The third-order valence-electron chi connectivity index (χ3n) is 16.7. The van der Waals surface area contributed by atoms with Crippen LogP contribution in [0.25, 0.3) is 0 Å². The van der Waals surface area contributed by atoms with Gasteiger partial charge in [0.25, 0.3) is 0 Å². The number of alkyl halides is 3. The van der Waals surface area contributed by atoms with E-state index in [0.29, 0.717) is 62.2 Å². The Morgan fingerprint density at radius 1 is 0.374 bits per heavy atom. The summed E-state index contributed by atoms with van der Waals surface area (Å²) in [4.78, 5) is 32.9. The number of carbonyl (C=O) groups excluding carboxylic acids is 2. The quantitative estimate of drug-likeness (QED) is 0.0223. The van der Waals surface area contributed by atoms with Gasteiger partial charge >= 0.3 is 69.5 Å². The van der Waals surface area contributed by atoms with E-state index in [-0.39, 0.29) is 96.4 Å². The zero-order valence-corrected chi connectivity index (χ0v) is 68.9. The Hall–Kier alpha value is -4.83. The number of hydrogen-bond acceptors (Lipinski definition) is 11. The van der Waals surface area contributed by atoms with Crippen LogP contribution in [0.2, 0.25) is 30.1 Å². The fourth-order valence-electron chi connectivity index (χ4n) is 11.1. The fraction of sp³-hybridized carbons (Fsp3) is 0.329. The van der Waals surface area contributed by atoms with Crippen molar-refractivity contribution in [1.82, 2.24) is 0 Å². The third kappa shape index (κ3) is 37.8. The smallest absolute Gasteiger partial charge is 0.870 e. The average molecular weight is 1660 g/mol. The predicted octanol–water partition coefficient (Wildman–Crippen LogP) is 22.4. The average Bonchev–Trinajstić information content (AvgIpc) is 0.848. The topological polar surface area (TPSA) is 138 Å². The molecule has 0 aromatic heterocycles. The van der Waals surface area contributed by atoms with E-state index >= 15 is 0 Å². The summed E-state index contributed by atoms with van der Waals surface area (Å²) in [7, 11) is 1.41. The summed E-state index contributed by atoms with van der Waals surface area (Å²) in [5.74, 6) is 6.40. The summed E-state index contributed by atoms with van der Waals surface area (Å²) in [6, 6.07) is 70.9. The molecule has 0 aliphatic rings. The molecule has 0 unspecified atom stereocenters. The summed E-state index contributed by atoms with van der Waals surface area (Å²) in [5, 5.41) is 13.2. The third-order valence-corrected chi connectivity index (χ3v) is 21.3. The first kappa shape index (κ1) is 96.4. The number of carbonyl (C=O) groups is 3. The minimum Gasteiger partial charge on any atom is -0.870 e. The van der Waals surface area contributed by atoms with E-state index in [2.05, 4.69) is 77.5 Å². The molecule has 0 amide bonds. The van der Waals surface area contributed by atoms with Gasteiger partial charge in [-0.3, -0.25) is 14.4 Å². The van der Waals surface area contributed by atoms with Crippen LogP contribution < -0.4 is 65.6 Å². The molecular formula is C85H94Cl6F3KO9S3. The standard InChI is InChI=1S/C28H27Cl2F3O2S.C28H30Cl2O3S.C27H28Cl2O3S.2CH4.K.H2O/c29-23-10-6-21(7-11-23)26(22-8-12-24(30)13-9-22)2-1-18-36-19-17-35-25-14-3-20(4-15-25)5-16-27(34)28(31,32)33;1-32-28(31)17-6-21-4-15-26(16-5-21)33-18-20-34-19-2-3-27(22-7-11-24(29)12-8-22)23-9-13-25(30)14-10-23;28-23-10-6-21(7-11-23)26(22-8-12-24(29)13-9-22)2-1-18-33-19-17-32-25-14-3-20(4-15-25)5-16-27(30)31;;;;/h3-4,6-15,26H,1-2,5,16-19H2;4-5,7-16,27H,2-3,6,17-20H2,1H3;3-4,6-15,26H,1-2,5,16-19H2,(H,30,31);2*1H4;;1H2/q;;;;;+1;/p-1. The van der Waals surface area contributed by atoms with Gasteiger partial charge in [-0.15, -0.1) is 0 Å². The molecule has 2 N–H and O–H groups in total. The summed E-state index contributed by atoms with van der Waals surface area (Å²) < 4.78 is 59.0. The molecule has 107 heavy (non-hydrogen) atoms. The van der Waals surface area contributed by atoms with Crippen molar-refractivity contribution in [3.8, 4) is 17.2 Å².